The molecule has 2 atom stereocenters. The molecule has 3 aromatic rings. The highest BCUT2D eigenvalue weighted by molar-refractivity contribution is 7.92. The normalized spacial score (nSPS) is 13.1. The van der Waals surface area contributed by atoms with Crippen molar-refractivity contribution in [2.45, 2.75) is 63.8 Å². The summed E-state index contributed by atoms with van der Waals surface area (Å²) in [5, 5.41) is 2.83. The number of methoxy groups -OCH3 is 1. The SMILES string of the molecule is CC[C@@H](C)NC(=O)[C@H](C)N(Cc1ccc(OC)cc1)C(=O)CN(c1cccc(C(F)(F)F)c1)S(=O)(=O)c1ccc(C)cc1. The van der Waals surface area contributed by atoms with Gasteiger partial charge in [0.15, 0.2) is 0 Å². The van der Waals surface area contributed by atoms with Gasteiger partial charge in [0.1, 0.15) is 18.3 Å². The number of sulfonamides is 1. The van der Waals surface area contributed by atoms with Gasteiger partial charge in [0.05, 0.1) is 23.3 Å². The Hall–Kier alpha value is -4.06. The highest BCUT2D eigenvalue weighted by atomic mass is 32.2. The van der Waals surface area contributed by atoms with Gasteiger partial charge >= 0.3 is 6.18 Å². The number of alkyl halides is 3. The molecule has 0 spiro atoms. The highest BCUT2D eigenvalue weighted by Gasteiger charge is 2.35. The number of benzene rings is 3. The molecule has 8 nitrogen and oxygen atoms in total. The van der Waals surface area contributed by atoms with E-state index in [9.17, 15) is 31.2 Å². The number of anilines is 1. The number of aryl methyl sites for hydroxylation is 1. The molecule has 2 amide bonds. The zero-order valence-electron chi connectivity index (χ0n) is 24.7. The zero-order valence-corrected chi connectivity index (χ0v) is 25.5. The van der Waals surface area contributed by atoms with Crippen LogP contribution in [0, 0.1) is 6.92 Å². The number of amides is 2. The lowest BCUT2D eigenvalue weighted by atomic mass is 10.1. The molecule has 232 valence electrons. The Morgan fingerprint density at radius 1 is 0.977 bits per heavy atom. The Kier molecular flexibility index (Phi) is 10.8. The van der Waals surface area contributed by atoms with Crippen LogP contribution in [0.15, 0.2) is 77.7 Å². The molecule has 1 N–H and O–H groups in total. The smallest absolute Gasteiger partial charge is 0.416 e. The first-order valence-electron chi connectivity index (χ1n) is 13.7. The zero-order chi connectivity index (χ0) is 31.9. The summed E-state index contributed by atoms with van der Waals surface area (Å²) in [6, 6.07) is 15.1. The van der Waals surface area contributed by atoms with Gasteiger partial charge in [-0.1, -0.05) is 42.8 Å². The molecule has 0 saturated carbocycles. The van der Waals surface area contributed by atoms with Gasteiger partial charge in [0.2, 0.25) is 11.8 Å². The quantitative estimate of drug-likeness (QED) is 0.287. The van der Waals surface area contributed by atoms with E-state index in [1.807, 2.05) is 13.8 Å². The lowest BCUT2D eigenvalue weighted by Crippen LogP contribution is -2.52. The van der Waals surface area contributed by atoms with E-state index >= 15 is 0 Å². The summed E-state index contributed by atoms with van der Waals surface area (Å²) in [6.45, 7) is 6.05. The Bertz CT molecular complexity index is 1510. The van der Waals surface area contributed by atoms with Gasteiger partial charge in [-0.3, -0.25) is 13.9 Å². The lowest BCUT2D eigenvalue weighted by molar-refractivity contribution is -0.139. The van der Waals surface area contributed by atoms with E-state index in [1.54, 1.807) is 43.3 Å². The fourth-order valence-corrected chi connectivity index (χ4v) is 5.59. The molecule has 0 bridgehead atoms. The molecule has 0 radical (unpaired) electrons. The van der Waals surface area contributed by atoms with Gasteiger partial charge in [-0.25, -0.2) is 8.42 Å². The van der Waals surface area contributed by atoms with E-state index in [0.717, 1.165) is 17.7 Å². The van der Waals surface area contributed by atoms with Crippen molar-refractivity contribution < 1.29 is 35.9 Å². The Morgan fingerprint density at radius 3 is 2.16 bits per heavy atom. The average molecular weight is 620 g/mol. The summed E-state index contributed by atoms with van der Waals surface area (Å²) >= 11 is 0. The number of ether oxygens (including phenoxy) is 1. The van der Waals surface area contributed by atoms with Gasteiger partial charge < -0.3 is 15.0 Å². The molecule has 0 aromatic heterocycles. The summed E-state index contributed by atoms with van der Waals surface area (Å²) in [4.78, 5) is 28.1. The number of hydrogen-bond donors (Lipinski definition) is 1. The van der Waals surface area contributed by atoms with Crippen LogP contribution in [0.3, 0.4) is 0 Å². The maximum atomic E-state index is 14.0. The topological polar surface area (TPSA) is 96.0 Å². The van der Waals surface area contributed by atoms with Gasteiger partial charge in [-0.15, -0.1) is 0 Å². The van der Waals surface area contributed by atoms with E-state index in [1.165, 1.54) is 37.1 Å². The van der Waals surface area contributed by atoms with E-state index in [-0.39, 0.29) is 23.2 Å². The van der Waals surface area contributed by atoms with Crippen molar-refractivity contribution in [2.75, 3.05) is 18.0 Å². The van der Waals surface area contributed by atoms with Gasteiger partial charge in [-0.05, 0) is 75.2 Å². The van der Waals surface area contributed by atoms with Gasteiger partial charge in [-0.2, -0.15) is 13.2 Å². The van der Waals surface area contributed by atoms with Gasteiger partial charge in [0.25, 0.3) is 10.0 Å². The third kappa shape index (κ3) is 8.50. The second kappa shape index (κ2) is 13.9. The van der Waals surface area contributed by atoms with Crippen molar-refractivity contribution in [1.29, 1.82) is 0 Å². The molecule has 0 fully saturated rings. The molecule has 3 rings (SSSR count). The number of nitrogens with one attached hydrogen (secondary N) is 1. The summed E-state index contributed by atoms with van der Waals surface area (Å²) in [5.41, 5.74) is -0.0143. The van der Waals surface area contributed by atoms with E-state index in [2.05, 4.69) is 5.32 Å². The van der Waals surface area contributed by atoms with E-state index in [0.29, 0.717) is 28.1 Å². The number of hydrogen-bond acceptors (Lipinski definition) is 5. The molecule has 43 heavy (non-hydrogen) atoms. The Labute approximate surface area is 250 Å². The predicted molar refractivity (Wildman–Crippen MR) is 158 cm³/mol. The molecule has 0 aliphatic heterocycles. The average Bonchev–Trinajstić information content (AvgIpc) is 2.98. The Morgan fingerprint density at radius 2 is 1.60 bits per heavy atom. The van der Waals surface area contributed by atoms with Crippen molar-refractivity contribution in [3.8, 4) is 5.75 Å². The van der Waals surface area contributed by atoms with Crippen molar-refractivity contribution in [3.63, 3.8) is 0 Å². The molecule has 0 unspecified atom stereocenters. The summed E-state index contributed by atoms with van der Waals surface area (Å²) < 4.78 is 74.4. The fourth-order valence-electron chi connectivity index (χ4n) is 4.18. The Balaban J connectivity index is 2.08. The minimum atomic E-state index is -4.75. The molecule has 0 heterocycles. The number of carbonyl (C=O) groups is 2. The summed E-state index contributed by atoms with van der Waals surface area (Å²) in [6.07, 6.45) is -4.11. The van der Waals surface area contributed by atoms with Crippen LogP contribution in [0.2, 0.25) is 0 Å². The standard InChI is InChI=1S/C31H36F3N3O5S/c1-6-22(3)35-30(39)23(4)36(19-24-12-14-27(42-5)15-13-24)29(38)20-37(26-9-7-8-25(18-26)31(32,33)34)43(40,41)28-16-10-21(2)11-17-28/h7-18,22-23H,6,19-20H2,1-5H3,(H,35,39)/t22-,23+/m1/s1. The second-order valence-electron chi connectivity index (χ2n) is 10.2. The maximum absolute atomic E-state index is 14.0. The van der Waals surface area contributed by atoms with Crippen molar-refractivity contribution >= 4 is 27.5 Å². The monoisotopic (exact) mass is 619 g/mol. The minimum absolute atomic E-state index is 0.0705. The molecular formula is C31H36F3N3O5S. The van der Waals surface area contributed by atoms with Crippen molar-refractivity contribution in [1.82, 2.24) is 10.2 Å². The van der Waals surface area contributed by atoms with Gasteiger partial charge in [0, 0.05) is 12.6 Å². The third-order valence-corrected chi connectivity index (χ3v) is 8.82. The van der Waals surface area contributed by atoms with Crippen LogP contribution in [0.25, 0.3) is 0 Å². The summed E-state index contributed by atoms with van der Waals surface area (Å²) in [5.74, 6) is -0.664. The molecule has 3 aromatic carbocycles. The van der Waals surface area contributed by atoms with Crippen LogP contribution in [-0.2, 0) is 32.3 Å². The number of rotatable bonds is 12. The van der Waals surface area contributed by atoms with Crippen molar-refractivity contribution in [3.05, 3.63) is 89.5 Å². The largest absolute Gasteiger partial charge is 0.497 e. The van der Waals surface area contributed by atoms with E-state index < -0.39 is 46.2 Å². The highest BCUT2D eigenvalue weighted by Crippen LogP contribution is 2.33. The first-order valence-corrected chi connectivity index (χ1v) is 15.1. The first kappa shape index (κ1) is 33.4. The maximum Gasteiger partial charge on any atom is 0.416 e. The van der Waals surface area contributed by atoms with Crippen LogP contribution in [-0.4, -0.2) is 50.9 Å². The van der Waals surface area contributed by atoms with Crippen LogP contribution in [0.1, 0.15) is 43.9 Å². The first-order chi connectivity index (χ1) is 20.2. The summed E-state index contributed by atoms with van der Waals surface area (Å²) in [7, 11) is -3.01. The lowest BCUT2D eigenvalue weighted by Gasteiger charge is -2.32. The third-order valence-electron chi connectivity index (χ3n) is 7.03. The number of nitrogens with zero attached hydrogens (tertiary/aromatic N) is 2. The second-order valence-corrected chi connectivity index (χ2v) is 12.1. The van der Waals surface area contributed by atoms with Crippen molar-refractivity contribution in [2.24, 2.45) is 0 Å². The molecule has 0 aliphatic rings. The fraction of sp³-hybridized carbons (Fsp3) is 0.355. The van der Waals surface area contributed by atoms with E-state index in [4.69, 9.17) is 4.74 Å². The minimum Gasteiger partial charge on any atom is -0.497 e. The van der Waals surface area contributed by atoms with Crippen LogP contribution in [0.4, 0.5) is 18.9 Å². The number of carbonyl (C=O) groups excluding carboxylic acids is 2. The molecule has 12 heteroatoms. The van der Waals surface area contributed by atoms with Crippen LogP contribution in [0.5, 0.6) is 5.75 Å². The predicted octanol–water partition coefficient (Wildman–Crippen LogP) is 5.55. The molecule has 0 aliphatic carbocycles. The molecular weight excluding hydrogens is 583 g/mol. The molecule has 0 saturated heterocycles. The van der Waals surface area contributed by atoms with Crippen LogP contribution >= 0.6 is 0 Å². The van der Waals surface area contributed by atoms with Crippen LogP contribution < -0.4 is 14.4 Å². The number of halogens is 3.